The van der Waals surface area contributed by atoms with Gasteiger partial charge in [0.25, 0.3) is 0 Å². The van der Waals surface area contributed by atoms with Crippen LogP contribution in [0.2, 0.25) is 0 Å². The van der Waals surface area contributed by atoms with Crippen LogP contribution in [0.25, 0.3) is 0 Å². The Kier molecular flexibility index (Phi) is 2.94. The molecule has 1 atom stereocenters. The van der Waals surface area contributed by atoms with E-state index in [0.717, 1.165) is 12.8 Å². The van der Waals surface area contributed by atoms with Crippen LogP contribution in [-0.2, 0) is 4.74 Å². The summed E-state index contributed by atoms with van der Waals surface area (Å²) in [4.78, 5) is 0. The summed E-state index contributed by atoms with van der Waals surface area (Å²) in [6.45, 7) is 6.51. The van der Waals surface area contributed by atoms with Gasteiger partial charge in [0.05, 0.1) is 5.60 Å². The van der Waals surface area contributed by atoms with Crippen molar-refractivity contribution in [3.63, 3.8) is 0 Å². The SMILES string of the molecule is C#CCO[C@@]1(C)CCCCC1=C. The molecule has 0 unspecified atom stereocenters. The first-order valence-corrected chi connectivity index (χ1v) is 4.45. The van der Waals surface area contributed by atoms with E-state index in [9.17, 15) is 0 Å². The summed E-state index contributed by atoms with van der Waals surface area (Å²) in [7, 11) is 0. The van der Waals surface area contributed by atoms with Crippen molar-refractivity contribution in [2.24, 2.45) is 0 Å². The van der Waals surface area contributed by atoms with Crippen molar-refractivity contribution >= 4 is 0 Å². The molecule has 0 radical (unpaired) electrons. The zero-order chi connectivity index (χ0) is 9.03. The van der Waals surface area contributed by atoms with Crippen LogP contribution in [0.15, 0.2) is 12.2 Å². The van der Waals surface area contributed by atoms with Crippen molar-refractivity contribution in [2.75, 3.05) is 6.61 Å². The van der Waals surface area contributed by atoms with Crippen LogP contribution in [0.4, 0.5) is 0 Å². The van der Waals surface area contributed by atoms with Crippen LogP contribution in [0.1, 0.15) is 32.6 Å². The largest absolute Gasteiger partial charge is 0.358 e. The van der Waals surface area contributed by atoms with Gasteiger partial charge in [-0.1, -0.05) is 12.5 Å². The number of ether oxygens (including phenoxy) is 1. The summed E-state index contributed by atoms with van der Waals surface area (Å²) < 4.78 is 5.60. The second kappa shape index (κ2) is 3.78. The Balaban J connectivity index is 2.55. The van der Waals surface area contributed by atoms with Crippen LogP contribution in [-0.4, -0.2) is 12.2 Å². The Bertz CT molecular complexity index is 212. The number of terminal acetylenes is 1. The molecule has 0 N–H and O–H groups in total. The molecule has 0 aromatic rings. The van der Waals surface area contributed by atoms with E-state index in [1.165, 1.54) is 18.4 Å². The predicted molar refractivity (Wildman–Crippen MR) is 50.8 cm³/mol. The average molecular weight is 164 g/mol. The first kappa shape index (κ1) is 9.35. The Hall–Kier alpha value is -0.740. The third kappa shape index (κ3) is 1.89. The van der Waals surface area contributed by atoms with Crippen molar-refractivity contribution < 1.29 is 4.74 Å². The van der Waals surface area contributed by atoms with Gasteiger partial charge in [-0.15, -0.1) is 6.42 Å². The highest BCUT2D eigenvalue weighted by molar-refractivity contribution is 5.14. The molecule has 1 aliphatic carbocycles. The van der Waals surface area contributed by atoms with Crippen molar-refractivity contribution in [1.82, 2.24) is 0 Å². The Morgan fingerprint density at radius 2 is 2.42 bits per heavy atom. The standard InChI is InChI=1S/C11H16O/c1-4-9-12-11(3)8-6-5-7-10(11)2/h1H,2,5-9H2,3H3/t11-/m0/s1. The molecule has 0 aliphatic heterocycles. The van der Waals surface area contributed by atoms with Gasteiger partial charge in [-0.05, 0) is 38.2 Å². The summed E-state index contributed by atoms with van der Waals surface area (Å²) in [5, 5.41) is 0. The summed E-state index contributed by atoms with van der Waals surface area (Å²) in [6.07, 6.45) is 9.76. The van der Waals surface area contributed by atoms with E-state index in [4.69, 9.17) is 11.2 Å². The van der Waals surface area contributed by atoms with Gasteiger partial charge in [0.15, 0.2) is 0 Å². The molecule has 0 aromatic heterocycles. The molecule has 1 fully saturated rings. The summed E-state index contributed by atoms with van der Waals surface area (Å²) in [5.74, 6) is 2.50. The topological polar surface area (TPSA) is 9.23 Å². The molecule has 0 amide bonds. The average Bonchev–Trinajstić information content (AvgIpc) is 2.07. The zero-order valence-electron chi connectivity index (χ0n) is 7.73. The molecule has 1 saturated carbocycles. The second-order valence-electron chi connectivity index (χ2n) is 3.53. The van der Waals surface area contributed by atoms with E-state index in [1.807, 2.05) is 0 Å². The number of hydrogen-bond donors (Lipinski definition) is 0. The highest BCUT2D eigenvalue weighted by Gasteiger charge is 2.30. The van der Waals surface area contributed by atoms with E-state index in [1.54, 1.807) is 0 Å². The van der Waals surface area contributed by atoms with Crippen molar-refractivity contribution in [3.05, 3.63) is 12.2 Å². The molecule has 0 spiro atoms. The summed E-state index contributed by atoms with van der Waals surface area (Å²) >= 11 is 0. The van der Waals surface area contributed by atoms with E-state index in [-0.39, 0.29) is 5.60 Å². The molecular formula is C11H16O. The van der Waals surface area contributed by atoms with E-state index in [2.05, 4.69) is 19.4 Å². The molecule has 0 saturated heterocycles. The molecule has 1 nitrogen and oxygen atoms in total. The fraction of sp³-hybridized carbons (Fsp3) is 0.636. The Morgan fingerprint density at radius 3 is 3.00 bits per heavy atom. The van der Waals surface area contributed by atoms with Crippen molar-refractivity contribution in [1.29, 1.82) is 0 Å². The molecule has 66 valence electrons. The molecule has 1 aliphatic rings. The highest BCUT2D eigenvalue weighted by Crippen LogP contribution is 2.34. The van der Waals surface area contributed by atoms with Gasteiger partial charge >= 0.3 is 0 Å². The first-order valence-electron chi connectivity index (χ1n) is 4.45. The quantitative estimate of drug-likeness (QED) is 0.450. The van der Waals surface area contributed by atoms with Crippen LogP contribution in [0.5, 0.6) is 0 Å². The van der Waals surface area contributed by atoms with Crippen molar-refractivity contribution in [3.8, 4) is 12.3 Å². The third-order valence-electron chi connectivity index (χ3n) is 2.60. The molecule has 1 heteroatoms. The van der Waals surface area contributed by atoms with Crippen LogP contribution < -0.4 is 0 Å². The Morgan fingerprint density at radius 1 is 1.67 bits per heavy atom. The zero-order valence-corrected chi connectivity index (χ0v) is 7.73. The maximum atomic E-state index is 5.60. The van der Waals surface area contributed by atoms with Gasteiger partial charge in [-0.3, -0.25) is 0 Å². The monoisotopic (exact) mass is 164 g/mol. The van der Waals surface area contributed by atoms with Crippen LogP contribution in [0.3, 0.4) is 0 Å². The second-order valence-corrected chi connectivity index (χ2v) is 3.53. The van der Waals surface area contributed by atoms with Gasteiger partial charge in [-0.25, -0.2) is 0 Å². The summed E-state index contributed by atoms with van der Waals surface area (Å²) in [5.41, 5.74) is 1.05. The lowest BCUT2D eigenvalue weighted by Crippen LogP contribution is -2.33. The van der Waals surface area contributed by atoms with Crippen LogP contribution in [0, 0.1) is 12.3 Å². The highest BCUT2D eigenvalue weighted by atomic mass is 16.5. The minimum atomic E-state index is -0.148. The van der Waals surface area contributed by atoms with Gasteiger partial charge < -0.3 is 4.74 Å². The van der Waals surface area contributed by atoms with Crippen LogP contribution >= 0.6 is 0 Å². The fourth-order valence-corrected chi connectivity index (χ4v) is 1.62. The normalized spacial score (nSPS) is 29.8. The maximum Gasteiger partial charge on any atom is 0.108 e. The molecule has 0 heterocycles. The Labute approximate surface area is 74.8 Å². The molecule has 0 aromatic carbocycles. The molecule has 1 rings (SSSR count). The van der Waals surface area contributed by atoms with Gasteiger partial charge in [0, 0.05) is 0 Å². The lowest BCUT2D eigenvalue weighted by atomic mass is 9.82. The van der Waals surface area contributed by atoms with Gasteiger partial charge in [0.1, 0.15) is 6.61 Å². The smallest absolute Gasteiger partial charge is 0.108 e. The lowest BCUT2D eigenvalue weighted by molar-refractivity contribution is -0.00140. The number of hydrogen-bond acceptors (Lipinski definition) is 1. The summed E-state index contributed by atoms with van der Waals surface area (Å²) in [6, 6.07) is 0. The molecule has 12 heavy (non-hydrogen) atoms. The fourth-order valence-electron chi connectivity index (χ4n) is 1.62. The lowest BCUT2D eigenvalue weighted by Gasteiger charge is -2.35. The minimum Gasteiger partial charge on any atom is -0.358 e. The van der Waals surface area contributed by atoms with E-state index >= 15 is 0 Å². The van der Waals surface area contributed by atoms with E-state index in [0.29, 0.717) is 6.61 Å². The maximum absolute atomic E-state index is 5.60. The van der Waals surface area contributed by atoms with Gasteiger partial charge in [0.2, 0.25) is 0 Å². The van der Waals surface area contributed by atoms with Gasteiger partial charge in [-0.2, -0.15) is 0 Å². The first-order chi connectivity index (χ1) is 5.69. The minimum absolute atomic E-state index is 0.148. The predicted octanol–water partition coefficient (Wildman–Crippen LogP) is 2.53. The molecule has 0 bridgehead atoms. The number of rotatable bonds is 2. The van der Waals surface area contributed by atoms with E-state index < -0.39 is 0 Å². The molecular weight excluding hydrogens is 148 g/mol. The van der Waals surface area contributed by atoms with Crippen molar-refractivity contribution in [2.45, 2.75) is 38.2 Å². The third-order valence-corrected chi connectivity index (χ3v) is 2.60.